The van der Waals surface area contributed by atoms with Gasteiger partial charge in [0, 0.05) is 6.04 Å². The maximum absolute atomic E-state index is 12.9. The second kappa shape index (κ2) is 6.88. The lowest BCUT2D eigenvalue weighted by Gasteiger charge is -2.26. The third-order valence-electron chi connectivity index (χ3n) is 3.72. The smallest absolute Gasteiger partial charge is 0.321 e. The van der Waals surface area contributed by atoms with Gasteiger partial charge >= 0.3 is 5.97 Å². The van der Waals surface area contributed by atoms with E-state index in [1.165, 1.54) is 24.3 Å². The van der Waals surface area contributed by atoms with Gasteiger partial charge in [0.1, 0.15) is 12.6 Å². The number of rotatable bonds is 5. The summed E-state index contributed by atoms with van der Waals surface area (Å²) in [5.41, 5.74) is -0.0757. The Kier molecular flexibility index (Phi) is 5.27. The van der Waals surface area contributed by atoms with E-state index in [1.807, 2.05) is 0 Å². The van der Waals surface area contributed by atoms with E-state index in [0.29, 0.717) is 0 Å². The number of sulfonamides is 1. The standard InChI is InChI=1S/C14H16N2O6S2/c1-22-14(17)9-16(12-6-7-23(18,19)10-12)24(20,21)13-5-3-2-4-11(13)8-15/h2-5,12H,6-7,9-10H2,1H3. The van der Waals surface area contributed by atoms with E-state index in [0.717, 1.165) is 11.4 Å². The molecule has 1 aromatic carbocycles. The average Bonchev–Trinajstić information content (AvgIpc) is 2.91. The molecule has 0 spiro atoms. The van der Waals surface area contributed by atoms with Gasteiger partial charge in [-0.3, -0.25) is 4.79 Å². The number of nitriles is 1. The van der Waals surface area contributed by atoms with Crippen LogP contribution in [0.2, 0.25) is 0 Å². The summed E-state index contributed by atoms with van der Waals surface area (Å²) in [7, 11) is -6.49. The van der Waals surface area contributed by atoms with Gasteiger partial charge in [-0.05, 0) is 18.6 Å². The molecule has 8 nitrogen and oxygen atoms in total. The van der Waals surface area contributed by atoms with E-state index in [9.17, 15) is 21.6 Å². The van der Waals surface area contributed by atoms with Gasteiger partial charge in [-0.25, -0.2) is 16.8 Å². The van der Waals surface area contributed by atoms with Crippen molar-refractivity contribution in [2.24, 2.45) is 0 Å². The zero-order chi connectivity index (χ0) is 18.0. The molecule has 1 fully saturated rings. The second-order valence-corrected chi connectivity index (χ2v) is 9.38. The van der Waals surface area contributed by atoms with Gasteiger partial charge in [0.15, 0.2) is 9.84 Å². The first-order valence-corrected chi connectivity index (χ1v) is 10.3. The molecule has 24 heavy (non-hydrogen) atoms. The van der Waals surface area contributed by atoms with Gasteiger partial charge in [0.25, 0.3) is 0 Å². The van der Waals surface area contributed by atoms with E-state index in [2.05, 4.69) is 4.74 Å². The predicted octanol–water partition coefficient (Wildman–Crippen LogP) is -0.0909. The Morgan fingerprint density at radius 1 is 1.42 bits per heavy atom. The summed E-state index contributed by atoms with van der Waals surface area (Å²) < 4.78 is 54.6. The van der Waals surface area contributed by atoms with Crippen molar-refractivity contribution in [1.29, 1.82) is 5.26 Å². The van der Waals surface area contributed by atoms with E-state index in [1.54, 1.807) is 6.07 Å². The van der Waals surface area contributed by atoms with Crippen molar-refractivity contribution in [3.63, 3.8) is 0 Å². The molecule has 0 saturated carbocycles. The van der Waals surface area contributed by atoms with Gasteiger partial charge in [-0.1, -0.05) is 12.1 Å². The fourth-order valence-corrected chi connectivity index (χ4v) is 6.08. The van der Waals surface area contributed by atoms with Crippen LogP contribution < -0.4 is 0 Å². The normalized spacial score (nSPS) is 19.8. The van der Waals surface area contributed by atoms with Crippen molar-refractivity contribution in [2.75, 3.05) is 25.2 Å². The number of methoxy groups -OCH3 is 1. The average molecular weight is 372 g/mol. The quantitative estimate of drug-likeness (QED) is 0.662. The Morgan fingerprint density at radius 3 is 2.62 bits per heavy atom. The van der Waals surface area contributed by atoms with Crippen LogP contribution in [0, 0.1) is 11.3 Å². The first-order valence-electron chi connectivity index (χ1n) is 6.99. The van der Waals surface area contributed by atoms with Crippen molar-refractivity contribution in [3.05, 3.63) is 29.8 Å². The summed E-state index contributed by atoms with van der Waals surface area (Å²) in [6.07, 6.45) is 0.0906. The van der Waals surface area contributed by atoms with Gasteiger partial charge < -0.3 is 4.74 Å². The van der Waals surface area contributed by atoms with Crippen LogP contribution in [0.1, 0.15) is 12.0 Å². The summed E-state index contributed by atoms with van der Waals surface area (Å²) in [4.78, 5) is 11.4. The van der Waals surface area contributed by atoms with Crippen molar-refractivity contribution in [3.8, 4) is 6.07 Å². The number of carbonyl (C=O) groups is 1. The van der Waals surface area contributed by atoms with Gasteiger partial charge in [0.2, 0.25) is 10.0 Å². The topological polar surface area (TPSA) is 122 Å². The molecule has 0 amide bonds. The number of benzene rings is 1. The number of nitrogens with zero attached hydrogens (tertiary/aromatic N) is 2. The summed E-state index contributed by atoms with van der Waals surface area (Å²) in [5, 5.41) is 9.12. The summed E-state index contributed by atoms with van der Waals surface area (Å²) in [6.45, 7) is -0.612. The van der Waals surface area contributed by atoms with Gasteiger partial charge in [-0.15, -0.1) is 0 Å². The SMILES string of the molecule is COC(=O)CN(C1CCS(=O)(=O)C1)S(=O)(=O)c1ccccc1C#N. The maximum Gasteiger partial charge on any atom is 0.321 e. The molecule has 1 aromatic rings. The minimum atomic E-state index is -4.24. The number of esters is 1. The van der Waals surface area contributed by atoms with Gasteiger partial charge in [0.05, 0.1) is 29.1 Å². The lowest BCUT2D eigenvalue weighted by molar-refractivity contribution is -0.141. The predicted molar refractivity (Wildman–Crippen MR) is 84.1 cm³/mol. The van der Waals surface area contributed by atoms with Crippen molar-refractivity contribution < 1.29 is 26.4 Å². The minimum absolute atomic E-state index is 0.0757. The molecule has 0 bridgehead atoms. The molecule has 0 aliphatic carbocycles. The molecule has 1 unspecified atom stereocenters. The minimum Gasteiger partial charge on any atom is -0.468 e. The fourth-order valence-electron chi connectivity index (χ4n) is 2.51. The zero-order valence-electron chi connectivity index (χ0n) is 12.9. The molecule has 1 aliphatic rings. The van der Waals surface area contributed by atoms with Crippen LogP contribution in [-0.4, -0.2) is 58.3 Å². The van der Waals surface area contributed by atoms with Crippen molar-refractivity contribution in [2.45, 2.75) is 17.4 Å². The molecule has 0 radical (unpaired) electrons. The van der Waals surface area contributed by atoms with Crippen molar-refractivity contribution >= 4 is 25.8 Å². The molecule has 1 atom stereocenters. The molecule has 0 N–H and O–H groups in total. The first kappa shape index (κ1) is 18.4. The van der Waals surface area contributed by atoms with E-state index in [4.69, 9.17) is 5.26 Å². The first-order chi connectivity index (χ1) is 11.2. The molecule has 1 aliphatic heterocycles. The van der Waals surface area contributed by atoms with Crippen LogP contribution in [0.4, 0.5) is 0 Å². The molecule has 2 rings (SSSR count). The monoisotopic (exact) mass is 372 g/mol. The molecular weight excluding hydrogens is 356 g/mol. The lowest BCUT2D eigenvalue weighted by Crippen LogP contribution is -2.44. The molecule has 1 saturated heterocycles. The molecule has 130 valence electrons. The molecular formula is C14H16N2O6S2. The van der Waals surface area contributed by atoms with E-state index >= 15 is 0 Å². The molecule has 0 aromatic heterocycles. The highest BCUT2D eigenvalue weighted by Crippen LogP contribution is 2.26. The Balaban J connectivity index is 2.50. The Morgan fingerprint density at radius 2 is 2.08 bits per heavy atom. The zero-order valence-corrected chi connectivity index (χ0v) is 14.5. The van der Waals surface area contributed by atoms with E-state index in [-0.39, 0.29) is 28.4 Å². The summed E-state index contributed by atoms with van der Waals surface area (Å²) in [5.74, 6) is -1.32. The number of hydrogen-bond acceptors (Lipinski definition) is 7. The Labute approximate surface area is 140 Å². The van der Waals surface area contributed by atoms with Crippen LogP contribution in [0.5, 0.6) is 0 Å². The van der Waals surface area contributed by atoms with E-state index < -0.39 is 38.4 Å². The Hall–Kier alpha value is -1.96. The fraction of sp³-hybridized carbons (Fsp3) is 0.429. The highest BCUT2D eigenvalue weighted by Gasteiger charge is 2.40. The number of hydrogen-bond donors (Lipinski definition) is 0. The highest BCUT2D eigenvalue weighted by molar-refractivity contribution is 7.92. The molecule has 1 heterocycles. The van der Waals surface area contributed by atoms with Crippen LogP contribution in [-0.2, 0) is 29.4 Å². The number of sulfone groups is 1. The van der Waals surface area contributed by atoms with Crippen LogP contribution in [0.3, 0.4) is 0 Å². The van der Waals surface area contributed by atoms with Gasteiger partial charge in [-0.2, -0.15) is 9.57 Å². The second-order valence-electron chi connectivity index (χ2n) is 5.29. The highest BCUT2D eigenvalue weighted by atomic mass is 32.2. The summed E-state index contributed by atoms with van der Waals surface area (Å²) in [6, 6.07) is 6.48. The maximum atomic E-state index is 12.9. The third-order valence-corrected chi connectivity index (χ3v) is 7.43. The van der Waals surface area contributed by atoms with Crippen LogP contribution >= 0.6 is 0 Å². The van der Waals surface area contributed by atoms with Crippen LogP contribution in [0.25, 0.3) is 0 Å². The van der Waals surface area contributed by atoms with Crippen LogP contribution in [0.15, 0.2) is 29.2 Å². The summed E-state index contributed by atoms with van der Waals surface area (Å²) >= 11 is 0. The van der Waals surface area contributed by atoms with Crippen molar-refractivity contribution in [1.82, 2.24) is 4.31 Å². The molecule has 10 heteroatoms. The lowest BCUT2D eigenvalue weighted by atomic mass is 10.2. The largest absolute Gasteiger partial charge is 0.468 e. The Bertz CT molecular complexity index is 886. The number of carbonyl (C=O) groups excluding carboxylic acids is 1. The third kappa shape index (κ3) is 3.75. The number of ether oxygens (including phenoxy) is 1.